The van der Waals surface area contributed by atoms with Gasteiger partial charge in [-0.2, -0.15) is 0 Å². The van der Waals surface area contributed by atoms with Gasteiger partial charge in [0.2, 0.25) is 5.91 Å². The molecule has 2 aliphatic rings. The van der Waals surface area contributed by atoms with E-state index < -0.39 is 0 Å². The van der Waals surface area contributed by atoms with Gasteiger partial charge in [0.15, 0.2) is 0 Å². The number of amides is 1. The third-order valence-corrected chi connectivity index (χ3v) is 3.81. The summed E-state index contributed by atoms with van der Waals surface area (Å²) in [6, 6.07) is 0.0115. The van der Waals surface area contributed by atoms with Crippen molar-refractivity contribution in [2.75, 3.05) is 39.3 Å². The predicted molar refractivity (Wildman–Crippen MR) is 64.3 cm³/mol. The van der Waals surface area contributed by atoms with E-state index in [2.05, 4.69) is 17.1 Å². The van der Waals surface area contributed by atoms with Crippen molar-refractivity contribution in [2.45, 2.75) is 26.3 Å². The van der Waals surface area contributed by atoms with Gasteiger partial charge in [-0.25, -0.2) is 0 Å². The molecule has 0 radical (unpaired) electrons. The second-order valence-corrected chi connectivity index (χ2v) is 5.01. The van der Waals surface area contributed by atoms with Crippen LogP contribution in [0.1, 0.15) is 20.3 Å². The van der Waals surface area contributed by atoms with Crippen LogP contribution in [0, 0.1) is 5.92 Å². The van der Waals surface area contributed by atoms with Crippen LogP contribution in [0.15, 0.2) is 0 Å². The molecule has 1 amide bonds. The minimum atomic E-state index is 0.0115. The van der Waals surface area contributed by atoms with Crippen molar-refractivity contribution in [3.8, 4) is 0 Å². The summed E-state index contributed by atoms with van der Waals surface area (Å²) in [5, 5.41) is 3.20. The van der Waals surface area contributed by atoms with Crippen molar-refractivity contribution in [3.05, 3.63) is 0 Å². The molecule has 2 aliphatic heterocycles. The van der Waals surface area contributed by atoms with Crippen LogP contribution in [0.25, 0.3) is 0 Å². The zero-order chi connectivity index (χ0) is 11.5. The topological polar surface area (TPSA) is 35.6 Å². The molecular formula is C12H23N3O. The Morgan fingerprint density at radius 3 is 2.94 bits per heavy atom. The Kier molecular flexibility index (Phi) is 3.82. The highest BCUT2D eigenvalue weighted by molar-refractivity contribution is 5.82. The number of likely N-dealkylation sites (tertiary alicyclic amines) is 1. The van der Waals surface area contributed by atoms with Crippen LogP contribution in [0.5, 0.6) is 0 Å². The smallest absolute Gasteiger partial charge is 0.239 e. The van der Waals surface area contributed by atoms with Gasteiger partial charge in [0.05, 0.1) is 6.04 Å². The lowest BCUT2D eigenvalue weighted by Gasteiger charge is -2.33. The van der Waals surface area contributed by atoms with E-state index in [1.165, 1.54) is 19.5 Å². The van der Waals surface area contributed by atoms with Crippen molar-refractivity contribution in [2.24, 2.45) is 5.92 Å². The first-order chi connectivity index (χ1) is 7.70. The van der Waals surface area contributed by atoms with Gasteiger partial charge in [-0.1, -0.05) is 6.92 Å². The first kappa shape index (κ1) is 11.9. The zero-order valence-electron chi connectivity index (χ0n) is 10.4. The molecule has 0 bridgehead atoms. The molecule has 2 rings (SSSR count). The molecule has 0 aromatic rings. The highest BCUT2D eigenvalue weighted by Crippen LogP contribution is 2.17. The quantitative estimate of drug-likeness (QED) is 0.742. The van der Waals surface area contributed by atoms with Crippen molar-refractivity contribution >= 4 is 5.91 Å². The molecule has 0 saturated carbocycles. The number of piperazine rings is 1. The normalized spacial score (nSPS) is 32.4. The Hall–Kier alpha value is -0.610. The molecule has 4 heteroatoms. The van der Waals surface area contributed by atoms with Gasteiger partial charge >= 0.3 is 0 Å². The van der Waals surface area contributed by atoms with Gasteiger partial charge in [-0.15, -0.1) is 0 Å². The van der Waals surface area contributed by atoms with E-state index in [-0.39, 0.29) is 11.9 Å². The molecule has 0 aromatic carbocycles. The predicted octanol–water partition coefficient (Wildman–Crippen LogP) is 0.149. The summed E-state index contributed by atoms with van der Waals surface area (Å²) in [7, 11) is 0. The summed E-state index contributed by atoms with van der Waals surface area (Å²) in [5.74, 6) is 0.968. The maximum absolute atomic E-state index is 11.9. The maximum atomic E-state index is 11.9. The van der Waals surface area contributed by atoms with Crippen molar-refractivity contribution in [3.63, 3.8) is 0 Å². The second kappa shape index (κ2) is 5.15. The van der Waals surface area contributed by atoms with Crippen LogP contribution in [0.3, 0.4) is 0 Å². The fourth-order valence-electron chi connectivity index (χ4n) is 2.73. The Bertz CT molecular complexity index is 257. The first-order valence-corrected chi connectivity index (χ1v) is 6.45. The van der Waals surface area contributed by atoms with Gasteiger partial charge < -0.3 is 15.1 Å². The Morgan fingerprint density at radius 1 is 1.44 bits per heavy atom. The van der Waals surface area contributed by atoms with Crippen LogP contribution >= 0.6 is 0 Å². The van der Waals surface area contributed by atoms with E-state index in [9.17, 15) is 4.79 Å². The van der Waals surface area contributed by atoms with Crippen molar-refractivity contribution in [1.29, 1.82) is 0 Å². The lowest BCUT2D eigenvalue weighted by Crippen LogP contribution is -2.54. The molecular weight excluding hydrogens is 202 g/mol. The fraction of sp³-hybridized carbons (Fsp3) is 0.917. The SMILES string of the molecule is CCN1CCC(CN2CCNC(C)C2=O)C1. The standard InChI is InChI=1S/C12H23N3O/c1-3-14-6-4-11(8-14)9-15-7-5-13-10(2)12(15)16/h10-11,13H,3-9H2,1-2H3. The van der Waals surface area contributed by atoms with E-state index in [1.54, 1.807) is 0 Å². The molecule has 2 atom stereocenters. The second-order valence-electron chi connectivity index (χ2n) is 5.01. The summed E-state index contributed by atoms with van der Waals surface area (Å²) in [5.41, 5.74) is 0. The molecule has 2 saturated heterocycles. The third-order valence-electron chi connectivity index (χ3n) is 3.81. The van der Waals surface area contributed by atoms with Crippen molar-refractivity contribution < 1.29 is 4.79 Å². The molecule has 1 N–H and O–H groups in total. The maximum Gasteiger partial charge on any atom is 0.239 e. The molecule has 2 unspecified atom stereocenters. The van der Waals surface area contributed by atoms with Gasteiger partial charge in [0, 0.05) is 26.2 Å². The summed E-state index contributed by atoms with van der Waals surface area (Å²) in [6.45, 7) is 10.5. The average Bonchev–Trinajstić information content (AvgIpc) is 2.73. The molecule has 0 spiro atoms. The summed E-state index contributed by atoms with van der Waals surface area (Å²) in [6.07, 6.45) is 1.25. The minimum Gasteiger partial charge on any atom is -0.340 e. The molecule has 0 aromatic heterocycles. The van der Waals surface area contributed by atoms with Crippen molar-refractivity contribution in [1.82, 2.24) is 15.1 Å². The summed E-state index contributed by atoms with van der Waals surface area (Å²) < 4.78 is 0. The number of rotatable bonds is 3. The summed E-state index contributed by atoms with van der Waals surface area (Å²) >= 11 is 0. The monoisotopic (exact) mass is 225 g/mol. The van der Waals surface area contributed by atoms with E-state index in [0.29, 0.717) is 5.92 Å². The van der Waals surface area contributed by atoms with Crippen LogP contribution in [0.2, 0.25) is 0 Å². The van der Waals surface area contributed by atoms with Crippen LogP contribution in [-0.2, 0) is 4.79 Å². The lowest BCUT2D eigenvalue weighted by atomic mass is 10.1. The average molecular weight is 225 g/mol. The molecule has 2 fully saturated rings. The van der Waals surface area contributed by atoms with Gasteiger partial charge in [0.1, 0.15) is 0 Å². The third kappa shape index (κ3) is 2.55. The van der Waals surface area contributed by atoms with E-state index in [0.717, 1.165) is 26.2 Å². The number of nitrogens with one attached hydrogen (secondary N) is 1. The number of carbonyl (C=O) groups is 1. The first-order valence-electron chi connectivity index (χ1n) is 6.45. The number of hydrogen-bond donors (Lipinski definition) is 1. The molecule has 4 nitrogen and oxygen atoms in total. The number of nitrogens with zero attached hydrogens (tertiary/aromatic N) is 2. The van der Waals surface area contributed by atoms with Gasteiger partial charge in [0.25, 0.3) is 0 Å². The van der Waals surface area contributed by atoms with Crippen LogP contribution in [0.4, 0.5) is 0 Å². The fourth-order valence-corrected chi connectivity index (χ4v) is 2.73. The highest BCUT2D eigenvalue weighted by Gasteiger charge is 2.29. The van der Waals surface area contributed by atoms with E-state index in [1.807, 2.05) is 11.8 Å². The van der Waals surface area contributed by atoms with Crippen LogP contribution in [-0.4, -0.2) is 61.0 Å². The minimum absolute atomic E-state index is 0.0115. The molecule has 2 heterocycles. The molecule has 0 aliphatic carbocycles. The number of carbonyl (C=O) groups excluding carboxylic acids is 1. The zero-order valence-corrected chi connectivity index (χ0v) is 10.4. The molecule has 16 heavy (non-hydrogen) atoms. The Morgan fingerprint density at radius 2 is 2.25 bits per heavy atom. The number of hydrogen-bond acceptors (Lipinski definition) is 3. The van der Waals surface area contributed by atoms with E-state index in [4.69, 9.17) is 0 Å². The van der Waals surface area contributed by atoms with Gasteiger partial charge in [-0.3, -0.25) is 4.79 Å². The Labute approximate surface area is 98.0 Å². The largest absolute Gasteiger partial charge is 0.340 e. The van der Waals surface area contributed by atoms with E-state index >= 15 is 0 Å². The molecule has 92 valence electrons. The highest BCUT2D eigenvalue weighted by atomic mass is 16.2. The van der Waals surface area contributed by atoms with Crippen LogP contribution < -0.4 is 5.32 Å². The van der Waals surface area contributed by atoms with Gasteiger partial charge in [-0.05, 0) is 32.4 Å². The summed E-state index contributed by atoms with van der Waals surface area (Å²) in [4.78, 5) is 16.4. The lowest BCUT2D eigenvalue weighted by molar-refractivity contribution is -0.135. The Balaban J connectivity index is 1.83.